The number of ether oxygens (including phenoxy) is 1. The molecule has 86 valence electrons. The van der Waals surface area contributed by atoms with Gasteiger partial charge in [-0.3, -0.25) is 0 Å². The van der Waals surface area contributed by atoms with Crippen LogP contribution in [0.2, 0.25) is 0 Å². The number of rotatable bonds is 4. The van der Waals surface area contributed by atoms with E-state index in [1.807, 2.05) is 37.4 Å². The summed E-state index contributed by atoms with van der Waals surface area (Å²) < 4.78 is 5.09. The van der Waals surface area contributed by atoms with Crippen LogP contribution in [0.4, 0.5) is 0 Å². The van der Waals surface area contributed by atoms with Crippen molar-refractivity contribution in [3.8, 4) is 0 Å². The van der Waals surface area contributed by atoms with Gasteiger partial charge in [-0.1, -0.05) is 13.0 Å². The van der Waals surface area contributed by atoms with E-state index in [2.05, 4.69) is 4.98 Å². The first-order valence-electron chi connectivity index (χ1n) is 5.48. The molecular weight excluding hydrogens is 202 g/mol. The number of methoxy groups -OCH3 is 1. The number of H-pyrrole nitrogens is 1. The summed E-state index contributed by atoms with van der Waals surface area (Å²) in [5.41, 5.74) is 1.10. The van der Waals surface area contributed by atoms with Gasteiger partial charge in [0.25, 0.3) is 0 Å². The van der Waals surface area contributed by atoms with Crippen LogP contribution in [0.15, 0.2) is 30.5 Å². The number of hydrogen-bond acceptors (Lipinski definition) is 2. The maximum atomic E-state index is 10.5. The quantitative estimate of drug-likeness (QED) is 0.829. The van der Waals surface area contributed by atoms with Crippen LogP contribution in [0.5, 0.6) is 0 Å². The van der Waals surface area contributed by atoms with Crippen molar-refractivity contribution in [2.45, 2.75) is 18.9 Å². The van der Waals surface area contributed by atoms with Crippen LogP contribution in [-0.2, 0) is 10.3 Å². The Hall–Kier alpha value is -1.32. The number of fused-ring (bicyclic) bond motifs is 1. The van der Waals surface area contributed by atoms with Crippen molar-refractivity contribution in [1.82, 2.24) is 4.98 Å². The minimum Gasteiger partial charge on any atom is -0.383 e. The molecule has 0 bridgehead atoms. The summed E-state index contributed by atoms with van der Waals surface area (Å²) in [7, 11) is 1.61. The van der Waals surface area contributed by atoms with E-state index in [9.17, 15) is 5.11 Å². The predicted octanol–water partition coefficient (Wildman–Crippen LogP) is 2.41. The Bertz CT molecular complexity index is 477. The van der Waals surface area contributed by atoms with Crippen molar-refractivity contribution >= 4 is 10.9 Å². The van der Waals surface area contributed by atoms with Gasteiger partial charge in [-0.2, -0.15) is 0 Å². The molecule has 0 amide bonds. The lowest BCUT2D eigenvalue weighted by Crippen LogP contribution is -2.30. The Labute approximate surface area is 95.1 Å². The van der Waals surface area contributed by atoms with Crippen molar-refractivity contribution in [2.24, 2.45) is 0 Å². The van der Waals surface area contributed by atoms with Crippen molar-refractivity contribution in [3.05, 3.63) is 36.0 Å². The van der Waals surface area contributed by atoms with Crippen LogP contribution in [0.3, 0.4) is 0 Å². The molecule has 0 aliphatic rings. The van der Waals surface area contributed by atoms with Gasteiger partial charge in [0.15, 0.2) is 0 Å². The minimum atomic E-state index is -0.889. The van der Waals surface area contributed by atoms with Gasteiger partial charge >= 0.3 is 0 Å². The van der Waals surface area contributed by atoms with Gasteiger partial charge in [0.1, 0.15) is 5.60 Å². The molecule has 2 aromatic rings. The standard InChI is InChI=1S/C13H17NO2/c1-3-13(15,9-16-2)11-4-5-12-10(8-11)6-7-14-12/h4-8,14-15H,3,9H2,1-2H3. The van der Waals surface area contributed by atoms with E-state index in [1.54, 1.807) is 7.11 Å². The molecule has 1 aromatic heterocycles. The zero-order chi connectivity index (χ0) is 11.6. The van der Waals surface area contributed by atoms with Crippen molar-refractivity contribution in [1.29, 1.82) is 0 Å². The zero-order valence-electron chi connectivity index (χ0n) is 9.66. The van der Waals surface area contributed by atoms with E-state index in [-0.39, 0.29) is 0 Å². The average molecular weight is 219 g/mol. The highest BCUT2D eigenvalue weighted by atomic mass is 16.5. The van der Waals surface area contributed by atoms with Crippen LogP contribution < -0.4 is 0 Å². The van der Waals surface area contributed by atoms with Gasteiger partial charge in [-0.25, -0.2) is 0 Å². The molecule has 1 atom stereocenters. The van der Waals surface area contributed by atoms with Crippen molar-refractivity contribution < 1.29 is 9.84 Å². The highest BCUT2D eigenvalue weighted by Crippen LogP contribution is 2.27. The lowest BCUT2D eigenvalue weighted by atomic mass is 9.91. The summed E-state index contributed by atoms with van der Waals surface area (Å²) in [5.74, 6) is 0. The van der Waals surface area contributed by atoms with Gasteiger partial charge < -0.3 is 14.8 Å². The highest BCUT2D eigenvalue weighted by molar-refractivity contribution is 5.80. The second-order valence-electron chi connectivity index (χ2n) is 4.10. The number of nitrogens with one attached hydrogen (secondary N) is 1. The molecule has 0 aliphatic carbocycles. The first-order chi connectivity index (χ1) is 7.69. The first kappa shape index (κ1) is 11.2. The van der Waals surface area contributed by atoms with E-state index >= 15 is 0 Å². The summed E-state index contributed by atoms with van der Waals surface area (Å²) >= 11 is 0. The van der Waals surface area contributed by atoms with Gasteiger partial charge in [0.05, 0.1) is 6.61 Å². The molecule has 2 N–H and O–H groups in total. The Morgan fingerprint density at radius 1 is 1.38 bits per heavy atom. The van der Waals surface area contributed by atoms with Gasteiger partial charge in [-0.15, -0.1) is 0 Å². The molecule has 0 saturated carbocycles. The molecule has 0 aliphatic heterocycles. The number of hydrogen-bond donors (Lipinski definition) is 2. The number of aliphatic hydroxyl groups is 1. The third-order valence-electron chi connectivity index (χ3n) is 3.06. The van der Waals surface area contributed by atoms with Gasteiger partial charge in [0, 0.05) is 18.8 Å². The molecule has 0 saturated heterocycles. The maximum Gasteiger partial charge on any atom is 0.113 e. The third kappa shape index (κ3) is 1.84. The normalized spacial score (nSPS) is 15.2. The second kappa shape index (κ2) is 4.28. The van der Waals surface area contributed by atoms with E-state index < -0.39 is 5.60 Å². The Morgan fingerprint density at radius 3 is 2.88 bits per heavy atom. The molecule has 0 fully saturated rings. The summed E-state index contributed by atoms with van der Waals surface area (Å²) in [6.45, 7) is 2.28. The molecule has 3 heteroatoms. The number of aromatic nitrogens is 1. The molecule has 1 heterocycles. The number of benzene rings is 1. The summed E-state index contributed by atoms with van der Waals surface area (Å²) in [6.07, 6.45) is 2.53. The Balaban J connectivity index is 2.44. The smallest absolute Gasteiger partial charge is 0.113 e. The summed E-state index contributed by atoms with van der Waals surface area (Å²) in [6, 6.07) is 7.94. The van der Waals surface area contributed by atoms with Crippen molar-refractivity contribution in [3.63, 3.8) is 0 Å². The molecule has 2 rings (SSSR count). The maximum absolute atomic E-state index is 10.5. The van der Waals surface area contributed by atoms with Gasteiger partial charge in [-0.05, 0) is 35.6 Å². The monoisotopic (exact) mass is 219 g/mol. The molecule has 16 heavy (non-hydrogen) atoms. The molecule has 1 aromatic carbocycles. The minimum absolute atomic E-state index is 0.319. The molecule has 0 spiro atoms. The SMILES string of the molecule is CCC(O)(COC)c1ccc2[nH]ccc2c1. The second-order valence-corrected chi connectivity index (χ2v) is 4.10. The molecule has 1 unspecified atom stereocenters. The summed E-state index contributed by atoms with van der Waals surface area (Å²) in [5, 5.41) is 11.6. The van der Waals surface area contributed by atoms with E-state index in [0.717, 1.165) is 16.5 Å². The summed E-state index contributed by atoms with van der Waals surface area (Å²) in [4.78, 5) is 3.14. The fourth-order valence-corrected chi connectivity index (χ4v) is 1.97. The Morgan fingerprint density at radius 2 is 2.19 bits per heavy atom. The zero-order valence-corrected chi connectivity index (χ0v) is 9.66. The number of aromatic amines is 1. The van der Waals surface area contributed by atoms with Crippen molar-refractivity contribution in [2.75, 3.05) is 13.7 Å². The van der Waals surface area contributed by atoms with E-state index in [4.69, 9.17) is 4.74 Å². The topological polar surface area (TPSA) is 45.2 Å². The van der Waals surface area contributed by atoms with Crippen LogP contribution in [-0.4, -0.2) is 23.8 Å². The fourth-order valence-electron chi connectivity index (χ4n) is 1.97. The molecular formula is C13H17NO2. The third-order valence-corrected chi connectivity index (χ3v) is 3.06. The fraction of sp³-hybridized carbons (Fsp3) is 0.385. The average Bonchev–Trinajstić information content (AvgIpc) is 2.76. The van der Waals surface area contributed by atoms with Gasteiger partial charge in [0.2, 0.25) is 0 Å². The lowest BCUT2D eigenvalue weighted by Gasteiger charge is -2.26. The van der Waals surface area contributed by atoms with Crippen LogP contribution in [0.25, 0.3) is 10.9 Å². The van der Waals surface area contributed by atoms with Crippen LogP contribution in [0.1, 0.15) is 18.9 Å². The predicted molar refractivity (Wildman–Crippen MR) is 64.4 cm³/mol. The largest absolute Gasteiger partial charge is 0.383 e. The molecule has 0 radical (unpaired) electrons. The van der Waals surface area contributed by atoms with E-state index in [0.29, 0.717) is 13.0 Å². The van der Waals surface area contributed by atoms with E-state index in [1.165, 1.54) is 0 Å². The van der Waals surface area contributed by atoms with Crippen LogP contribution >= 0.6 is 0 Å². The Kier molecular flexibility index (Phi) is 2.99. The van der Waals surface area contributed by atoms with Crippen LogP contribution in [0, 0.1) is 0 Å². The first-order valence-corrected chi connectivity index (χ1v) is 5.48. The lowest BCUT2D eigenvalue weighted by molar-refractivity contribution is -0.0385. The highest BCUT2D eigenvalue weighted by Gasteiger charge is 2.27. The molecule has 3 nitrogen and oxygen atoms in total.